The number of aliphatic imine (C=N–C) groups is 1. The van der Waals surface area contributed by atoms with E-state index < -0.39 is 0 Å². The van der Waals surface area contributed by atoms with Crippen molar-refractivity contribution in [2.75, 3.05) is 11.9 Å². The van der Waals surface area contributed by atoms with Crippen LogP contribution in [0.25, 0.3) is 0 Å². The van der Waals surface area contributed by atoms with Crippen molar-refractivity contribution in [3.63, 3.8) is 0 Å². The van der Waals surface area contributed by atoms with E-state index in [4.69, 9.17) is 0 Å². The van der Waals surface area contributed by atoms with Gasteiger partial charge in [-0.15, -0.1) is 0 Å². The van der Waals surface area contributed by atoms with Crippen molar-refractivity contribution < 1.29 is 4.39 Å². The average Bonchev–Trinajstić information content (AvgIpc) is 3.11. The first-order valence-electron chi connectivity index (χ1n) is 9.62. The van der Waals surface area contributed by atoms with Crippen molar-refractivity contribution in [2.24, 2.45) is 10.4 Å². The topological polar surface area (TPSA) is 36.4 Å². The first-order chi connectivity index (χ1) is 13.3. The van der Waals surface area contributed by atoms with E-state index in [1.165, 1.54) is 17.2 Å². The summed E-state index contributed by atoms with van der Waals surface area (Å²) in [6.45, 7) is 11.3. The molecule has 0 fully saturated rings. The number of nitrogens with zero attached hydrogens (tertiary/aromatic N) is 1. The van der Waals surface area contributed by atoms with Gasteiger partial charge in [0.05, 0.1) is 6.54 Å². The van der Waals surface area contributed by atoms with Gasteiger partial charge in [-0.05, 0) is 59.2 Å². The molecule has 4 heteroatoms. The molecule has 0 unspecified atom stereocenters. The van der Waals surface area contributed by atoms with E-state index in [0.29, 0.717) is 12.2 Å². The zero-order valence-electron chi connectivity index (χ0n) is 16.8. The molecule has 2 N–H and O–H groups in total. The second-order valence-corrected chi connectivity index (χ2v) is 8.14. The smallest absolute Gasteiger partial charge is 0.126 e. The van der Waals surface area contributed by atoms with Crippen molar-refractivity contribution in [2.45, 2.75) is 33.6 Å². The minimum atomic E-state index is -0.137. The Labute approximate surface area is 167 Å². The van der Waals surface area contributed by atoms with E-state index in [1.54, 1.807) is 6.07 Å². The lowest BCUT2D eigenvalue weighted by molar-refractivity contribution is 0.499. The SMILES string of the molecule is C=C(NC1=NCC(C(C)(C)C)=C1)Nc1ccc(CCc2ccccc2F)cc1. The molecule has 0 radical (unpaired) electrons. The lowest BCUT2D eigenvalue weighted by atomic mass is 9.87. The van der Waals surface area contributed by atoms with Gasteiger partial charge in [-0.2, -0.15) is 0 Å². The van der Waals surface area contributed by atoms with Gasteiger partial charge in [0.15, 0.2) is 0 Å². The van der Waals surface area contributed by atoms with Gasteiger partial charge in [0.1, 0.15) is 17.5 Å². The third-order valence-electron chi connectivity index (χ3n) is 4.86. The first kappa shape index (κ1) is 19.9. The monoisotopic (exact) mass is 377 g/mol. The molecule has 2 aromatic rings. The molecule has 2 aromatic carbocycles. The Bertz CT molecular complexity index is 902. The maximum atomic E-state index is 13.7. The number of amidine groups is 1. The summed E-state index contributed by atoms with van der Waals surface area (Å²) in [5.74, 6) is 1.38. The number of halogens is 1. The van der Waals surface area contributed by atoms with Crippen molar-refractivity contribution >= 4 is 11.5 Å². The normalized spacial score (nSPS) is 13.7. The molecule has 0 amide bonds. The van der Waals surface area contributed by atoms with E-state index >= 15 is 0 Å². The number of aryl methyl sites for hydroxylation is 2. The second-order valence-electron chi connectivity index (χ2n) is 8.14. The van der Waals surface area contributed by atoms with Gasteiger partial charge in [0.25, 0.3) is 0 Å². The molecular weight excluding hydrogens is 349 g/mol. The van der Waals surface area contributed by atoms with Gasteiger partial charge in [0.2, 0.25) is 0 Å². The summed E-state index contributed by atoms with van der Waals surface area (Å²) in [5.41, 5.74) is 4.31. The quantitative estimate of drug-likeness (QED) is 0.700. The molecule has 28 heavy (non-hydrogen) atoms. The summed E-state index contributed by atoms with van der Waals surface area (Å²) in [6, 6.07) is 15.1. The number of hydrogen-bond donors (Lipinski definition) is 2. The van der Waals surface area contributed by atoms with Crippen molar-refractivity contribution in [3.05, 3.63) is 89.5 Å². The Morgan fingerprint density at radius 1 is 1.04 bits per heavy atom. The average molecular weight is 378 g/mol. The molecule has 3 nitrogen and oxygen atoms in total. The Kier molecular flexibility index (Phi) is 5.98. The maximum absolute atomic E-state index is 13.7. The molecule has 0 aromatic heterocycles. The molecule has 0 saturated carbocycles. The predicted molar refractivity (Wildman–Crippen MR) is 116 cm³/mol. The Morgan fingerprint density at radius 2 is 1.75 bits per heavy atom. The first-order valence-corrected chi connectivity index (χ1v) is 9.62. The number of nitrogens with one attached hydrogen (secondary N) is 2. The van der Waals surface area contributed by atoms with Gasteiger partial charge in [-0.25, -0.2) is 4.39 Å². The van der Waals surface area contributed by atoms with Crippen LogP contribution in [0, 0.1) is 11.2 Å². The van der Waals surface area contributed by atoms with Crippen LogP contribution in [0.5, 0.6) is 0 Å². The van der Waals surface area contributed by atoms with Crippen LogP contribution in [0.1, 0.15) is 31.9 Å². The molecule has 146 valence electrons. The largest absolute Gasteiger partial charge is 0.342 e. The molecular formula is C24H28FN3. The van der Waals surface area contributed by atoms with Crippen LogP contribution in [-0.4, -0.2) is 12.4 Å². The van der Waals surface area contributed by atoms with E-state index in [-0.39, 0.29) is 11.2 Å². The van der Waals surface area contributed by atoms with Crippen LogP contribution >= 0.6 is 0 Å². The molecule has 3 rings (SSSR count). The molecule has 0 saturated heterocycles. The van der Waals surface area contributed by atoms with Gasteiger partial charge >= 0.3 is 0 Å². The van der Waals surface area contributed by atoms with Gasteiger partial charge in [-0.3, -0.25) is 4.99 Å². The molecule has 1 aliphatic heterocycles. The van der Waals surface area contributed by atoms with Crippen LogP contribution in [0.3, 0.4) is 0 Å². The fourth-order valence-corrected chi connectivity index (χ4v) is 3.05. The minimum absolute atomic E-state index is 0.125. The number of anilines is 1. The zero-order valence-corrected chi connectivity index (χ0v) is 16.8. The van der Waals surface area contributed by atoms with Crippen LogP contribution in [0.15, 0.2) is 77.6 Å². The third-order valence-corrected chi connectivity index (χ3v) is 4.86. The van der Waals surface area contributed by atoms with E-state index in [1.807, 2.05) is 24.3 Å². The lowest BCUT2D eigenvalue weighted by Crippen LogP contribution is -2.24. The molecule has 0 atom stereocenters. The lowest BCUT2D eigenvalue weighted by Gasteiger charge is -2.18. The van der Waals surface area contributed by atoms with Crippen LogP contribution in [0.2, 0.25) is 0 Å². The molecule has 0 spiro atoms. The highest BCUT2D eigenvalue weighted by atomic mass is 19.1. The van der Waals surface area contributed by atoms with E-state index in [0.717, 1.165) is 30.1 Å². The maximum Gasteiger partial charge on any atom is 0.126 e. The van der Waals surface area contributed by atoms with Crippen LogP contribution < -0.4 is 10.6 Å². The summed E-state index contributed by atoms with van der Waals surface area (Å²) in [5, 5.41) is 6.48. The Hall–Kier alpha value is -2.88. The summed E-state index contributed by atoms with van der Waals surface area (Å²) < 4.78 is 13.7. The Balaban J connectivity index is 1.51. The summed E-state index contributed by atoms with van der Waals surface area (Å²) in [7, 11) is 0. The van der Waals surface area contributed by atoms with Crippen molar-refractivity contribution in [3.8, 4) is 0 Å². The van der Waals surface area contributed by atoms with Crippen molar-refractivity contribution in [1.82, 2.24) is 5.32 Å². The predicted octanol–water partition coefficient (Wildman–Crippen LogP) is 5.47. The molecule has 0 bridgehead atoms. The van der Waals surface area contributed by atoms with Gasteiger partial charge in [-0.1, -0.05) is 57.7 Å². The highest BCUT2D eigenvalue weighted by Gasteiger charge is 2.20. The standard InChI is InChI=1S/C24H28FN3/c1-17(28-23-15-20(16-26-23)24(2,3)4)27-21-13-10-18(11-14-21)9-12-19-7-5-6-8-22(19)25/h5-8,10-11,13-15,27H,1,9,12,16H2,2-4H3,(H,26,28). The number of hydrogen-bond acceptors (Lipinski definition) is 3. The minimum Gasteiger partial charge on any atom is -0.342 e. The van der Waals surface area contributed by atoms with Crippen LogP contribution in [-0.2, 0) is 12.8 Å². The van der Waals surface area contributed by atoms with Crippen LogP contribution in [0.4, 0.5) is 10.1 Å². The summed E-state index contributed by atoms with van der Waals surface area (Å²) >= 11 is 0. The van der Waals surface area contributed by atoms with Gasteiger partial charge < -0.3 is 10.6 Å². The molecule has 0 aliphatic carbocycles. The fraction of sp³-hybridized carbons (Fsp3) is 0.292. The third kappa shape index (κ3) is 5.32. The summed E-state index contributed by atoms with van der Waals surface area (Å²) in [4.78, 5) is 4.52. The highest BCUT2D eigenvalue weighted by Crippen LogP contribution is 2.27. The second kappa shape index (κ2) is 8.42. The fourth-order valence-electron chi connectivity index (χ4n) is 3.05. The van der Waals surface area contributed by atoms with E-state index in [2.05, 4.69) is 61.2 Å². The van der Waals surface area contributed by atoms with E-state index in [9.17, 15) is 4.39 Å². The number of rotatable bonds is 6. The highest BCUT2D eigenvalue weighted by molar-refractivity contribution is 5.97. The Morgan fingerprint density at radius 3 is 2.39 bits per heavy atom. The van der Waals surface area contributed by atoms with Gasteiger partial charge in [0, 0.05) is 5.69 Å². The molecule has 1 heterocycles. The van der Waals surface area contributed by atoms with Crippen molar-refractivity contribution in [1.29, 1.82) is 0 Å². The zero-order chi connectivity index (χ0) is 20.1. The summed E-state index contributed by atoms with van der Waals surface area (Å²) in [6.07, 6.45) is 3.59. The number of benzene rings is 2. The molecule has 1 aliphatic rings.